The van der Waals surface area contributed by atoms with E-state index < -0.39 is 36.6 Å². The number of fused-ring (bicyclic) bond motifs is 1. The Bertz CT molecular complexity index is 2320. The predicted molar refractivity (Wildman–Crippen MR) is 217 cm³/mol. The molecule has 0 bridgehead atoms. The van der Waals surface area contributed by atoms with Gasteiger partial charge in [-0.25, -0.2) is 19.4 Å². The van der Waals surface area contributed by atoms with Crippen molar-refractivity contribution in [3.8, 4) is 16.9 Å². The first-order valence-electron chi connectivity index (χ1n) is 18.4. The van der Waals surface area contributed by atoms with E-state index in [4.69, 9.17) is 18.9 Å². The number of methoxy groups -OCH3 is 1. The van der Waals surface area contributed by atoms with Gasteiger partial charge in [0, 0.05) is 55.9 Å². The van der Waals surface area contributed by atoms with E-state index in [1.54, 1.807) is 74.4 Å². The van der Waals surface area contributed by atoms with Crippen molar-refractivity contribution in [2.45, 2.75) is 32.4 Å². The highest BCUT2D eigenvalue weighted by atomic mass is 79.9. The van der Waals surface area contributed by atoms with Crippen LogP contribution in [0.15, 0.2) is 94.9 Å². The third-order valence-electron chi connectivity index (χ3n) is 8.86. The molecule has 0 saturated carbocycles. The fourth-order valence-corrected chi connectivity index (χ4v) is 6.35. The van der Waals surface area contributed by atoms with E-state index >= 15 is 0 Å². The number of urea groups is 1. The standard InChI is InChI=1S/C40H40BrN9O9/c1-25(59-35(53)24-58-34(52)13-12-33(51)50-17-16-44-39(50)48-31-10-11-32-37(36(31)41)43-15-14-42-32)38(54)57-19-18-49(23-26-4-3-5-30(20-26)56-2)40(55)47-29-8-6-27(7-9-29)28-21-45-46-22-28/h3-11,14-15,20-22,25H,12-13,16-19,23-24H2,1-2H3,(H,44,48)(H,45,46)(H,47,55)/t25-/m0/s1. The molecule has 18 nitrogen and oxygen atoms in total. The fraction of sp³-hybridized carbons (Fsp3) is 0.275. The van der Waals surface area contributed by atoms with Crippen LogP contribution in [0.25, 0.3) is 22.2 Å². The number of carbonyl (C=O) groups excluding carboxylic acids is 5. The number of guanidine groups is 1. The number of hydrogen-bond acceptors (Lipinski definition) is 13. The van der Waals surface area contributed by atoms with Crippen molar-refractivity contribution >= 4 is 74.1 Å². The molecule has 3 N–H and O–H groups in total. The number of aromatic amines is 1. The number of benzene rings is 3. The Morgan fingerprint density at radius 1 is 0.983 bits per heavy atom. The molecule has 19 heteroatoms. The van der Waals surface area contributed by atoms with Gasteiger partial charge in [0.1, 0.15) is 17.9 Å². The molecule has 1 fully saturated rings. The summed E-state index contributed by atoms with van der Waals surface area (Å²) < 4.78 is 21.4. The average Bonchev–Trinajstić information content (AvgIpc) is 3.96. The fourth-order valence-electron chi connectivity index (χ4n) is 5.83. The molecule has 59 heavy (non-hydrogen) atoms. The van der Waals surface area contributed by atoms with Crippen molar-refractivity contribution in [2.24, 2.45) is 4.99 Å². The summed E-state index contributed by atoms with van der Waals surface area (Å²) in [4.78, 5) is 80.1. The molecule has 1 aliphatic heterocycles. The van der Waals surface area contributed by atoms with Gasteiger partial charge in [-0.15, -0.1) is 0 Å². The maximum absolute atomic E-state index is 13.4. The number of nitrogens with one attached hydrogen (secondary N) is 3. The lowest BCUT2D eigenvalue weighted by Gasteiger charge is -2.24. The first-order valence-corrected chi connectivity index (χ1v) is 19.2. The van der Waals surface area contributed by atoms with Gasteiger partial charge in [-0.05, 0) is 70.4 Å². The molecular formula is C40H40BrN9O9. The largest absolute Gasteiger partial charge is 0.497 e. The van der Waals surface area contributed by atoms with E-state index in [1.807, 2.05) is 18.2 Å². The minimum atomic E-state index is -1.34. The number of anilines is 1. The SMILES string of the molecule is COc1cccc(CN(CCOC(=O)[C@H](C)OC(=O)COC(=O)CCC(=O)N2CCN/C2=N/c2ccc3nccnc3c2Br)C(=O)Nc2ccc(-c3cn[nH]c3)cc2)c1. The molecular weight excluding hydrogens is 830 g/mol. The number of esters is 3. The van der Waals surface area contributed by atoms with Gasteiger partial charge in [0.15, 0.2) is 12.7 Å². The van der Waals surface area contributed by atoms with Crippen LogP contribution < -0.4 is 15.4 Å². The van der Waals surface area contributed by atoms with Gasteiger partial charge >= 0.3 is 23.9 Å². The summed E-state index contributed by atoms with van der Waals surface area (Å²) in [6, 6.07) is 17.5. The average molecular weight is 871 g/mol. The van der Waals surface area contributed by atoms with Crippen LogP contribution in [-0.2, 0) is 39.9 Å². The third kappa shape index (κ3) is 11.4. The topological polar surface area (TPSA) is 220 Å². The molecule has 1 aliphatic rings. The number of aromatic nitrogens is 4. The summed E-state index contributed by atoms with van der Waals surface area (Å²) >= 11 is 3.51. The number of carbonyl (C=O) groups is 5. The number of ether oxygens (including phenoxy) is 4. The quantitative estimate of drug-likeness (QED) is 0.0903. The van der Waals surface area contributed by atoms with Crippen molar-refractivity contribution in [3.05, 3.63) is 95.5 Å². The number of rotatable bonds is 16. The van der Waals surface area contributed by atoms with Crippen LogP contribution in [0.2, 0.25) is 0 Å². The van der Waals surface area contributed by atoms with Crippen LogP contribution >= 0.6 is 15.9 Å². The van der Waals surface area contributed by atoms with Gasteiger partial charge in [0.25, 0.3) is 0 Å². The summed E-state index contributed by atoms with van der Waals surface area (Å²) in [5.41, 5.74) is 4.97. The van der Waals surface area contributed by atoms with Crippen LogP contribution in [0.5, 0.6) is 5.75 Å². The van der Waals surface area contributed by atoms with E-state index in [-0.39, 0.29) is 38.4 Å². The van der Waals surface area contributed by atoms with Crippen molar-refractivity contribution in [3.63, 3.8) is 0 Å². The molecule has 0 aliphatic carbocycles. The smallest absolute Gasteiger partial charge is 0.347 e. The minimum Gasteiger partial charge on any atom is -0.497 e. The Hall–Kier alpha value is -6.89. The van der Waals surface area contributed by atoms with Gasteiger partial charge in [-0.1, -0.05) is 24.3 Å². The number of halogens is 1. The van der Waals surface area contributed by atoms with E-state index in [9.17, 15) is 24.0 Å². The van der Waals surface area contributed by atoms with Gasteiger partial charge in [0.2, 0.25) is 11.9 Å². The molecule has 0 unspecified atom stereocenters. The van der Waals surface area contributed by atoms with Gasteiger partial charge in [-0.3, -0.25) is 29.6 Å². The predicted octanol–water partition coefficient (Wildman–Crippen LogP) is 4.74. The second-order valence-electron chi connectivity index (χ2n) is 13.0. The molecule has 3 aromatic carbocycles. The molecule has 306 valence electrons. The van der Waals surface area contributed by atoms with E-state index in [1.165, 1.54) is 16.7 Å². The molecule has 1 saturated heterocycles. The summed E-state index contributed by atoms with van der Waals surface area (Å²) in [5, 5.41) is 12.7. The second-order valence-corrected chi connectivity index (χ2v) is 13.8. The maximum Gasteiger partial charge on any atom is 0.347 e. The lowest BCUT2D eigenvalue weighted by molar-refractivity contribution is -0.171. The molecule has 5 aromatic rings. The maximum atomic E-state index is 13.4. The Morgan fingerprint density at radius 2 is 1.80 bits per heavy atom. The summed E-state index contributed by atoms with van der Waals surface area (Å²) in [5.74, 6) is -2.11. The number of amides is 3. The van der Waals surface area contributed by atoms with Crippen LogP contribution in [0.4, 0.5) is 16.2 Å². The first-order chi connectivity index (χ1) is 28.6. The lowest BCUT2D eigenvalue weighted by atomic mass is 10.1. The van der Waals surface area contributed by atoms with Crippen molar-refractivity contribution in [2.75, 3.05) is 45.3 Å². The Balaban J connectivity index is 0.939. The summed E-state index contributed by atoms with van der Waals surface area (Å²) in [7, 11) is 1.54. The molecule has 6 rings (SSSR count). The van der Waals surface area contributed by atoms with Crippen molar-refractivity contribution < 1.29 is 42.9 Å². The van der Waals surface area contributed by atoms with Gasteiger partial charge < -0.3 is 34.5 Å². The number of hydrogen-bond donors (Lipinski definition) is 3. The molecule has 0 radical (unpaired) electrons. The van der Waals surface area contributed by atoms with Crippen LogP contribution in [0, 0.1) is 0 Å². The minimum absolute atomic E-state index is 0.00406. The van der Waals surface area contributed by atoms with Crippen molar-refractivity contribution in [1.29, 1.82) is 0 Å². The summed E-state index contributed by atoms with van der Waals surface area (Å²) in [6.07, 6.45) is 4.76. The molecule has 3 heterocycles. The number of nitrogens with zero attached hydrogens (tertiary/aromatic N) is 6. The summed E-state index contributed by atoms with van der Waals surface area (Å²) in [6.45, 7) is 1.28. The number of aliphatic imine (C=N–C) groups is 1. The third-order valence-corrected chi connectivity index (χ3v) is 9.64. The normalized spacial score (nSPS) is 13.3. The highest BCUT2D eigenvalue weighted by Gasteiger charge is 2.27. The van der Waals surface area contributed by atoms with Gasteiger partial charge in [-0.2, -0.15) is 5.10 Å². The van der Waals surface area contributed by atoms with Crippen LogP contribution in [0.3, 0.4) is 0 Å². The van der Waals surface area contributed by atoms with Crippen LogP contribution in [0.1, 0.15) is 25.3 Å². The number of H-pyrrole nitrogens is 1. The zero-order chi connectivity index (χ0) is 41.7. The zero-order valence-corrected chi connectivity index (χ0v) is 33.6. The lowest BCUT2D eigenvalue weighted by Crippen LogP contribution is -2.38. The second kappa shape index (κ2) is 20.0. The van der Waals surface area contributed by atoms with Crippen LogP contribution in [-0.4, -0.2) is 112 Å². The van der Waals surface area contributed by atoms with E-state index in [2.05, 4.69) is 51.7 Å². The Morgan fingerprint density at radius 3 is 2.58 bits per heavy atom. The van der Waals surface area contributed by atoms with E-state index in [0.29, 0.717) is 51.7 Å². The molecule has 0 spiro atoms. The van der Waals surface area contributed by atoms with Crippen molar-refractivity contribution in [1.82, 2.24) is 35.3 Å². The van der Waals surface area contributed by atoms with E-state index in [0.717, 1.165) is 16.7 Å². The molecule has 2 aromatic heterocycles. The Kier molecular flexibility index (Phi) is 14.1. The Labute approximate surface area is 346 Å². The monoisotopic (exact) mass is 869 g/mol. The highest BCUT2D eigenvalue weighted by Crippen LogP contribution is 2.31. The molecule has 1 atom stereocenters. The zero-order valence-electron chi connectivity index (χ0n) is 32.1. The molecule has 3 amide bonds. The first kappa shape index (κ1) is 41.7. The highest BCUT2D eigenvalue weighted by molar-refractivity contribution is 9.10. The van der Waals surface area contributed by atoms with Gasteiger partial charge in [0.05, 0.1) is 41.9 Å².